The van der Waals surface area contributed by atoms with E-state index in [-0.39, 0.29) is 6.04 Å². The van der Waals surface area contributed by atoms with E-state index in [0.29, 0.717) is 12.6 Å². The fraction of sp³-hybridized carbons (Fsp3) is 0.654. The Hall–Kier alpha value is -1.85. The van der Waals surface area contributed by atoms with Crippen molar-refractivity contribution in [2.24, 2.45) is 4.99 Å². The Morgan fingerprint density at radius 1 is 1.16 bits per heavy atom. The van der Waals surface area contributed by atoms with Crippen LogP contribution < -0.4 is 10.2 Å². The zero-order valence-corrected chi connectivity index (χ0v) is 20.4. The van der Waals surface area contributed by atoms with Crippen molar-refractivity contribution in [3.05, 3.63) is 40.1 Å². The van der Waals surface area contributed by atoms with Gasteiger partial charge in [0.15, 0.2) is 0 Å². The first kappa shape index (κ1) is 23.8. The van der Waals surface area contributed by atoms with Crippen molar-refractivity contribution in [1.82, 2.24) is 5.32 Å². The second kappa shape index (κ2) is 11.1. The summed E-state index contributed by atoms with van der Waals surface area (Å²) in [7, 11) is 3.54. The van der Waals surface area contributed by atoms with Crippen LogP contribution in [0.5, 0.6) is 0 Å². The Bertz CT molecular complexity index is 792. The summed E-state index contributed by atoms with van der Waals surface area (Å²) < 4.78 is 10.8. The van der Waals surface area contributed by atoms with Crippen molar-refractivity contribution in [2.75, 3.05) is 38.9 Å². The van der Waals surface area contributed by atoms with Gasteiger partial charge in [0.2, 0.25) is 0 Å². The second-order valence-corrected chi connectivity index (χ2v) is 9.14. The standard InChI is InChI=1S/C26H41N3O2/c1-7-9-21-16-24(27-22(17-31-6)11-13-30-5)23-10-8-12-29(26(23)28-21)25-19(3)14-18(2)15-20(25)4/h14-15,21-22,27H,7-13,16-17H2,1-6H3. The van der Waals surface area contributed by atoms with Crippen LogP contribution in [0.4, 0.5) is 5.69 Å². The van der Waals surface area contributed by atoms with E-state index < -0.39 is 0 Å². The fourth-order valence-corrected chi connectivity index (χ4v) is 5.17. The largest absolute Gasteiger partial charge is 0.385 e. The molecule has 1 saturated heterocycles. The van der Waals surface area contributed by atoms with Gasteiger partial charge in [-0.15, -0.1) is 0 Å². The van der Waals surface area contributed by atoms with Crippen molar-refractivity contribution < 1.29 is 9.47 Å². The summed E-state index contributed by atoms with van der Waals surface area (Å²) in [6.45, 7) is 11.4. The van der Waals surface area contributed by atoms with Gasteiger partial charge in [-0.1, -0.05) is 31.0 Å². The number of hydrogen-bond acceptors (Lipinski definition) is 5. The Morgan fingerprint density at radius 2 is 1.90 bits per heavy atom. The van der Waals surface area contributed by atoms with E-state index in [2.05, 4.69) is 50.0 Å². The van der Waals surface area contributed by atoms with Crippen LogP contribution in [0.3, 0.4) is 0 Å². The molecule has 0 aliphatic carbocycles. The number of dihydropyridines is 1. The predicted octanol–water partition coefficient (Wildman–Crippen LogP) is 5.08. The number of aliphatic imine (C=N–C) groups is 1. The number of hydrogen-bond donors (Lipinski definition) is 1. The molecule has 2 unspecified atom stereocenters. The van der Waals surface area contributed by atoms with Gasteiger partial charge in [-0.05, 0) is 57.6 Å². The molecule has 0 amide bonds. The molecule has 31 heavy (non-hydrogen) atoms. The normalized spacial score (nSPS) is 19.9. The number of piperidine rings is 1. The zero-order valence-electron chi connectivity index (χ0n) is 20.4. The predicted molar refractivity (Wildman–Crippen MR) is 130 cm³/mol. The van der Waals surface area contributed by atoms with Crippen LogP contribution in [0.1, 0.15) is 62.1 Å². The minimum atomic E-state index is 0.257. The quantitative estimate of drug-likeness (QED) is 0.566. The number of nitrogens with one attached hydrogen (secondary N) is 1. The van der Waals surface area contributed by atoms with Gasteiger partial charge >= 0.3 is 0 Å². The summed E-state index contributed by atoms with van der Waals surface area (Å²) in [5.74, 6) is 1.19. The molecular formula is C26H41N3O2. The van der Waals surface area contributed by atoms with Gasteiger partial charge < -0.3 is 19.7 Å². The average Bonchev–Trinajstić information content (AvgIpc) is 2.72. The number of fused-ring (bicyclic) bond motifs is 1. The first-order valence-corrected chi connectivity index (χ1v) is 11.9. The SMILES string of the molecule is CCCC1CC(NC(CCOC)COC)=C2CCCN(c3c(C)cc(C)cc3C)C2=N1. The number of methoxy groups -OCH3 is 2. The lowest BCUT2D eigenvalue weighted by molar-refractivity contribution is 0.135. The minimum Gasteiger partial charge on any atom is -0.385 e. The number of anilines is 1. The highest BCUT2D eigenvalue weighted by molar-refractivity contribution is 6.12. The van der Waals surface area contributed by atoms with Gasteiger partial charge in [0.1, 0.15) is 5.84 Å². The van der Waals surface area contributed by atoms with Crippen molar-refractivity contribution in [1.29, 1.82) is 0 Å². The van der Waals surface area contributed by atoms with Gasteiger partial charge in [-0.25, -0.2) is 0 Å². The Labute approximate surface area is 188 Å². The average molecular weight is 428 g/mol. The summed E-state index contributed by atoms with van der Waals surface area (Å²) in [6.07, 6.45) is 6.44. The number of amidine groups is 1. The molecule has 3 rings (SSSR count). The molecule has 0 radical (unpaired) electrons. The number of rotatable bonds is 10. The number of benzene rings is 1. The molecule has 0 saturated carbocycles. The molecule has 1 N–H and O–H groups in total. The zero-order chi connectivity index (χ0) is 22.4. The van der Waals surface area contributed by atoms with Gasteiger partial charge in [0, 0.05) is 50.7 Å². The summed E-state index contributed by atoms with van der Waals surface area (Å²) in [5, 5.41) is 3.86. The summed E-state index contributed by atoms with van der Waals surface area (Å²) in [4.78, 5) is 7.80. The molecule has 1 aromatic rings. The fourth-order valence-electron chi connectivity index (χ4n) is 5.17. The van der Waals surface area contributed by atoms with Crippen LogP contribution in [0.2, 0.25) is 0 Å². The molecule has 0 bridgehead atoms. The maximum absolute atomic E-state index is 5.50. The van der Waals surface area contributed by atoms with Crippen LogP contribution in [0, 0.1) is 20.8 Å². The van der Waals surface area contributed by atoms with E-state index in [1.54, 1.807) is 14.2 Å². The highest BCUT2D eigenvalue weighted by Gasteiger charge is 2.32. The smallest absolute Gasteiger partial charge is 0.133 e. The summed E-state index contributed by atoms with van der Waals surface area (Å²) in [5.41, 5.74) is 8.11. The number of aryl methyl sites for hydroxylation is 3. The molecule has 1 fully saturated rings. The van der Waals surface area contributed by atoms with Crippen molar-refractivity contribution in [3.63, 3.8) is 0 Å². The van der Waals surface area contributed by atoms with Gasteiger partial charge in [0.25, 0.3) is 0 Å². The molecule has 172 valence electrons. The first-order chi connectivity index (χ1) is 15.0. The van der Waals surface area contributed by atoms with E-state index >= 15 is 0 Å². The summed E-state index contributed by atoms with van der Waals surface area (Å²) >= 11 is 0. The van der Waals surface area contributed by atoms with Crippen LogP contribution in [-0.4, -0.2) is 51.9 Å². The molecule has 5 heteroatoms. The third kappa shape index (κ3) is 5.69. The monoisotopic (exact) mass is 427 g/mol. The number of nitrogens with zero attached hydrogens (tertiary/aromatic N) is 2. The Morgan fingerprint density at radius 3 is 2.55 bits per heavy atom. The third-order valence-corrected chi connectivity index (χ3v) is 6.39. The molecule has 0 aromatic heterocycles. The molecule has 5 nitrogen and oxygen atoms in total. The lowest BCUT2D eigenvalue weighted by atomic mass is 9.91. The van der Waals surface area contributed by atoms with Crippen LogP contribution >= 0.6 is 0 Å². The molecular weight excluding hydrogens is 386 g/mol. The maximum atomic E-state index is 5.50. The van der Waals surface area contributed by atoms with Crippen LogP contribution in [-0.2, 0) is 9.47 Å². The van der Waals surface area contributed by atoms with Crippen LogP contribution in [0.15, 0.2) is 28.4 Å². The van der Waals surface area contributed by atoms with Gasteiger partial charge in [0.05, 0.1) is 18.7 Å². The maximum Gasteiger partial charge on any atom is 0.133 e. The molecule has 2 heterocycles. The lowest BCUT2D eigenvalue weighted by Crippen LogP contribution is -2.44. The van der Waals surface area contributed by atoms with Crippen molar-refractivity contribution in [3.8, 4) is 0 Å². The Kier molecular flexibility index (Phi) is 8.56. The second-order valence-electron chi connectivity index (χ2n) is 9.14. The van der Waals surface area contributed by atoms with Crippen LogP contribution in [0.25, 0.3) is 0 Å². The Balaban J connectivity index is 1.98. The van der Waals surface area contributed by atoms with Gasteiger partial charge in [-0.2, -0.15) is 0 Å². The molecule has 1 aromatic carbocycles. The topological polar surface area (TPSA) is 46.1 Å². The highest BCUT2D eigenvalue weighted by atomic mass is 16.5. The van der Waals surface area contributed by atoms with E-state index in [1.807, 2.05) is 0 Å². The van der Waals surface area contributed by atoms with E-state index in [0.717, 1.165) is 51.7 Å². The molecule has 2 atom stereocenters. The molecule has 2 aliphatic heterocycles. The summed E-state index contributed by atoms with van der Waals surface area (Å²) in [6, 6.07) is 5.19. The lowest BCUT2D eigenvalue weighted by Gasteiger charge is -2.39. The number of ether oxygens (including phenoxy) is 2. The highest BCUT2D eigenvalue weighted by Crippen LogP contribution is 2.36. The third-order valence-electron chi connectivity index (χ3n) is 6.39. The van der Waals surface area contributed by atoms with E-state index in [9.17, 15) is 0 Å². The van der Waals surface area contributed by atoms with Crippen molar-refractivity contribution in [2.45, 2.75) is 78.3 Å². The van der Waals surface area contributed by atoms with Crippen molar-refractivity contribution >= 4 is 11.5 Å². The molecule has 2 aliphatic rings. The van der Waals surface area contributed by atoms with E-state index in [1.165, 1.54) is 39.5 Å². The van der Waals surface area contributed by atoms with E-state index in [4.69, 9.17) is 14.5 Å². The molecule has 0 spiro atoms. The minimum absolute atomic E-state index is 0.257. The van der Waals surface area contributed by atoms with Gasteiger partial charge in [-0.3, -0.25) is 4.99 Å². The first-order valence-electron chi connectivity index (χ1n) is 11.9.